The Balaban J connectivity index is 1.98. The van der Waals surface area contributed by atoms with Gasteiger partial charge >= 0.3 is 0 Å². The van der Waals surface area contributed by atoms with Crippen molar-refractivity contribution in [3.63, 3.8) is 0 Å². The fourth-order valence-electron chi connectivity index (χ4n) is 6.37. The van der Waals surface area contributed by atoms with Crippen molar-refractivity contribution in [1.29, 1.82) is 0 Å². The number of hydrogen-bond donors (Lipinski definition) is 0. The molecule has 4 atom stereocenters. The van der Waals surface area contributed by atoms with E-state index in [1.807, 2.05) is 0 Å². The van der Waals surface area contributed by atoms with Crippen LogP contribution in [0.15, 0.2) is 24.3 Å². The highest BCUT2D eigenvalue weighted by Gasteiger charge is 2.40. The van der Waals surface area contributed by atoms with Crippen LogP contribution in [0.25, 0.3) is 0 Å². The second-order valence-electron chi connectivity index (χ2n) is 17.8. The van der Waals surface area contributed by atoms with E-state index in [4.69, 9.17) is 18.9 Å². The van der Waals surface area contributed by atoms with E-state index >= 15 is 0 Å². The van der Waals surface area contributed by atoms with Gasteiger partial charge in [-0.3, -0.25) is 0 Å². The molecule has 2 saturated heterocycles. The minimum Gasteiger partial charge on any atom is -0.490 e. The lowest BCUT2D eigenvalue weighted by atomic mass is 9.68. The zero-order chi connectivity index (χ0) is 35.3. The van der Waals surface area contributed by atoms with E-state index in [0.717, 1.165) is 37.2 Å². The molecule has 2 aromatic rings. The maximum atomic E-state index is 6.79. The Hall–Kier alpha value is -2.04. The van der Waals surface area contributed by atoms with Crippen molar-refractivity contribution in [3.8, 4) is 11.5 Å². The molecule has 2 aliphatic heterocycles. The molecule has 0 bridgehead atoms. The smallest absolute Gasteiger partial charge is 0.126 e. The molecule has 4 nitrogen and oxygen atoms in total. The average molecular weight is 649 g/mol. The SMILES string of the molecule is CCC(C)(C)c1cc(C(C)(C)c2cc(C(C)(C)CC)c(OCC3OC3C)c(C(C)(C)CC)c2)cc(C(C)(C)CC)c1OCC1OC1C. The largest absolute Gasteiger partial charge is 0.490 e. The maximum absolute atomic E-state index is 6.79. The van der Waals surface area contributed by atoms with Crippen molar-refractivity contribution in [3.05, 3.63) is 57.6 Å². The van der Waals surface area contributed by atoms with Gasteiger partial charge in [-0.05, 0) is 72.3 Å². The van der Waals surface area contributed by atoms with Gasteiger partial charge in [-0.1, -0.05) is 121 Å². The van der Waals surface area contributed by atoms with E-state index in [-0.39, 0.29) is 51.5 Å². The lowest BCUT2D eigenvalue weighted by Gasteiger charge is -2.38. The van der Waals surface area contributed by atoms with Gasteiger partial charge in [-0.15, -0.1) is 0 Å². The molecule has 4 heteroatoms. The van der Waals surface area contributed by atoms with E-state index in [1.54, 1.807) is 0 Å². The number of hydrogen-bond acceptors (Lipinski definition) is 4. The van der Waals surface area contributed by atoms with Crippen molar-refractivity contribution in [1.82, 2.24) is 0 Å². The summed E-state index contributed by atoms with van der Waals surface area (Å²) in [5.74, 6) is 2.12. The lowest BCUT2D eigenvalue weighted by molar-refractivity contribution is 0.248. The van der Waals surface area contributed by atoms with E-state index in [0.29, 0.717) is 13.2 Å². The van der Waals surface area contributed by atoms with Crippen molar-refractivity contribution < 1.29 is 18.9 Å². The Morgan fingerprint density at radius 2 is 0.723 bits per heavy atom. The fraction of sp³-hybridized carbons (Fsp3) is 0.721. The summed E-state index contributed by atoms with van der Waals surface area (Å²) in [6.07, 6.45) is 4.99. The van der Waals surface area contributed by atoms with E-state index < -0.39 is 0 Å². The minimum atomic E-state index is -0.270. The molecular formula is C43H68O4. The van der Waals surface area contributed by atoms with Gasteiger partial charge in [0.25, 0.3) is 0 Å². The molecule has 2 aromatic carbocycles. The monoisotopic (exact) mass is 649 g/mol. The molecule has 2 aliphatic rings. The molecule has 2 fully saturated rings. The Morgan fingerprint density at radius 3 is 0.915 bits per heavy atom. The Kier molecular flexibility index (Phi) is 10.7. The van der Waals surface area contributed by atoms with E-state index in [1.165, 1.54) is 33.4 Å². The first-order valence-electron chi connectivity index (χ1n) is 18.6. The number of ether oxygens (including phenoxy) is 4. The molecule has 0 spiro atoms. The predicted octanol–water partition coefficient (Wildman–Crippen LogP) is 11.1. The summed E-state index contributed by atoms with van der Waals surface area (Å²) in [4.78, 5) is 0. The van der Waals surface area contributed by atoms with Gasteiger partial charge < -0.3 is 18.9 Å². The van der Waals surface area contributed by atoms with Crippen LogP contribution in [0, 0.1) is 0 Å². The van der Waals surface area contributed by atoms with Gasteiger partial charge in [0, 0.05) is 27.7 Å². The highest BCUT2D eigenvalue weighted by atomic mass is 16.6. The number of epoxide rings is 2. The first-order valence-corrected chi connectivity index (χ1v) is 18.6. The summed E-state index contributed by atoms with van der Waals surface area (Å²) >= 11 is 0. The van der Waals surface area contributed by atoms with Crippen molar-refractivity contribution in [2.75, 3.05) is 13.2 Å². The van der Waals surface area contributed by atoms with Crippen LogP contribution in [-0.2, 0) is 36.5 Å². The van der Waals surface area contributed by atoms with Crippen LogP contribution < -0.4 is 9.47 Å². The summed E-state index contributed by atoms with van der Waals surface area (Å²) in [7, 11) is 0. The molecule has 0 saturated carbocycles. The second-order valence-corrected chi connectivity index (χ2v) is 17.8. The van der Waals surface area contributed by atoms with Crippen LogP contribution in [0.5, 0.6) is 11.5 Å². The molecule has 0 aromatic heterocycles. The van der Waals surface area contributed by atoms with Gasteiger partial charge in [-0.2, -0.15) is 0 Å². The average Bonchev–Trinajstić information content (AvgIpc) is 3.94. The maximum Gasteiger partial charge on any atom is 0.126 e. The van der Waals surface area contributed by atoms with Crippen molar-refractivity contribution >= 4 is 0 Å². The summed E-state index contributed by atoms with van der Waals surface area (Å²) in [6, 6.07) is 9.88. The van der Waals surface area contributed by atoms with Crippen LogP contribution in [0.3, 0.4) is 0 Å². The summed E-state index contributed by atoms with van der Waals surface area (Å²) in [5, 5.41) is 0. The molecule has 0 N–H and O–H groups in total. The van der Waals surface area contributed by atoms with Crippen LogP contribution in [0.4, 0.5) is 0 Å². The van der Waals surface area contributed by atoms with Gasteiger partial charge in [0.05, 0.1) is 12.2 Å². The normalized spacial score (nSPS) is 22.0. The zero-order valence-corrected chi connectivity index (χ0v) is 33.0. The molecule has 264 valence electrons. The topological polar surface area (TPSA) is 43.5 Å². The molecule has 4 rings (SSSR count). The van der Waals surface area contributed by atoms with E-state index in [9.17, 15) is 0 Å². The van der Waals surface area contributed by atoms with Crippen molar-refractivity contribution in [2.45, 2.75) is 188 Å². The highest BCUT2D eigenvalue weighted by molar-refractivity contribution is 5.58. The van der Waals surface area contributed by atoms with Gasteiger partial charge in [0.2, 0.25) is 0 Å². The van der Waals surface area contributed by atoms with Gasteiger partial charge in [-0.25, -0.2) is 0 Å². The molecule has 0 amide bonds. The summed E-state index contributed by atoms with van der Waals surface area (Å²) in [5.41, 5.74) is 7.39. The van der Waals surface area contributed by atoms with Gasteiger partial charge in [0.1, 0.15) is 36.9 Å². The molecule has 0 aliphatic carbocycles. The standard InChI is InChI=1S/C43H68O4/c1-17-39(7,8)31-21-29(22-32(40(9,10)18-2)37(31)44-25-35-27(5)46-35)43(15,16)30-23-33(41(11,12)19-3)38(45-26-36-28(6)47-36)34(24-30)42(13,14)20-4/h21-24,27-28,35-36H,17-20,25-26H2,1-16H3. The first kappa shape index (κ1) is 37.8. The van der Waals surface area contributed by atoms with Crippen molar-refractivity contribution in [2.24, 2.45) is 0 Å². The lowest BCUT2D eigenvalue weighted by Crippen LogP contribution is -2.29. The third kappa shape index (κ3) is 7.75. The van der Waals surface area contributed by atoms with Crippen LogP contribution in [0.2, 0.25) is 0 Å². The third-order valence-corrected chi connectivity index (χ3v) is 12.5. The van der Waals surface area contributed by atoms with E-state index in [2.05, 4.69) is 135 Å². The summed E-state index contributed by atoms with van der Waals surface area (Å²) in [6.45, 7) is 38.4. The Labute approximate surface area is 288 Å². The summed E-state index contributed by atoms with van der Waals surface area (Å²) < 4.78 is 25.1. The number of benzene rings is 2. The number of rotatable bonds is 16. The molecular weight excluding hydrogens is 580 g/mol. The highest BCUT2D eigenvalue weighted by Crippen LogP contribution is 2.50. The molecule has 2 heterocycles. The zero-order valence-electron chi connectivity index (χ0n) is 33.0. The predicted molar refractivity (Wildman–Crippen MR) is 198 cm³/mol. The third-order valence-electron chi connectivity index (χ3n) is 12.5. The first-order chi connectivity index (χ1) is 21.7. The molecule has 0 radical (unpaired) electrons. The Bertz CT molecular complexity index is 1230. The molecule has 4 unspecified atom stereocenters. The Morgan fingerprint density at radius 1 is 0.489 bits per heavy atom. The quantitative estimate of drug-likeness (QED) is 0.170. The van der Waals surface area contributed by atoms with Crippen LogP contribution >= 0.6 is 0 Å². The van der Waals surface area contributed by atoms with Crippen LogP contribution in [-0.4, -0.2) is 37.6 Å². The second kappa shape index (κ2) is 13.3. The minimum absolute atomic E-state index is 0.0551. The molecule has 47 heavy (non-hydrogen) atoms. The fourth-order valence-corrected chi connectivity index (χ4v) is 6.37. The van der Waals surface area contributed by atoms with Crippen LogP contribution in [0.1, 0.15) is 170 Å². The van der Waals surface area contributed by atoms with Gasteiger partial charge in [0.15, 0.2) is 0 Å².